The number of carbonyl (C=O) groups excluding carboxylic acids is 1. The first kappa shape index (κ1) is 7.30. The molecule has 68 valence electrons. The molecule has 1 aromatic heterocycles. The Morgan fingerprint density at radius 2 is 2.15 bits per heavy atom. The molecule has 0 spiro atoms. The van der Waals surface area contributed by atoms with Gasteiger partial charge in [0.15, 0.2) is 11.7 Å². The van der Waals surface area contributed by atoms with Crippen LogP contribution in [0.1, 0.15) is 53.7 Å². The number of oxazole rings is 1. The highest BCUT2D eigenvalue weighted by Crippen LogP contribution is 2.40. The van der Waals surface area contributed by atoms with Crippen LogP contribution >= 0.6 is 0 Å². The SMILES string of the molecule is O=C1CCCc2oc(C3CC3)nc21. The molecule has 0 atom stereocenters. The van der Waals surface area contributed by atoms with Gasteiger partial charge in [0.05, 0.1) is 0 Å². The van der Waals surface area contributed by atoms with Crippen LogP contribution in [0.3, 0.4) is 0 Å². The fourth-order valence-electron chi connectivity index (χ4n) is 1.79. The summed E-state index contributed by atoms with van der Waals surface area (Å²) in [6.45, 7) is 0. The van der Waals surface area contributed by atoms with Crippen molar-refractivity contribution in [2.75, 3.05) is 0 Å². The summed E-state index contributed by atoms with van der Waals surface area (Å²) in [6, 6.07) is 0. The van der Waals surface area contributed by atoms with E-state index in [0.717, 1.165) is 24.5 Å². The molecule has 0 bridgehead atoms. The normalized spacial score (nSPS) is 21.7. The molecule has 2 aliphatic rings. The molecule has 3 nitrogen and oxygen atoms in total. The smallest absolute Gasteiger partial charge is 0.198 e. The number of rotatable bonds is 1. The number of fused-ring (bicyclic) bond motifs is 1. The zero-order valence-electron chi connectivity index (χ0n) is 7.38. The molecule has 0 amide bonds. The van der Waals surface area contributed by atoms with Crippen molar-refractivity contribution in [1.29, 1.82) is 0 Å². The maximum Gasteiger partial charge on any atom is 0.198 e. The molecule has 1 saturated carbocycles. The summed E-state index contributed by atoms with van der Waals surface area (Å²) in [4.78, 5) is 15.7. The number of aryl methyl sites for hydroxylation is 1. The van der Waals surface area contributed by atoms with Crippen molar-refractivity contribution in [3.63, 3.8) is 0 Å². The molecule has 0 aromatic carbocycles. The monoisotopic (exact) mass is 177 g/mol. The Hall–Kier alpha value is -1.12. The highest BCUT2D eigenvalue weighted by molar-refractivity contribution is 5.96. The third kappa shape index (κ3) is 1.10. The van der Waals surface area contributed by atoms with E-state index in [9.17, 15) is 4.79 Å². The lowest BCUT2D eigenvalue weighted by Crippen LogP contribution is -2.09. The van der Waals surface area contributed by atoms with E-state index in [1.165, 1.54) is 12.8 Å². The third-order valence-electron chi connectivity index (χ3n) is 2.71. The molecule has 0 saturated heterocycles. The Morgan fingerprint density at radius 3 is 2.85 bits per heavy atom. The number of hydrogen-bond acceptors (Lipinski definition) is 3. The number of hydrogen-bond donors (Lipinski definition) is 0. The first-order valence-electron chi connectivity index (χ1n) is 4.87. The van der Waals surface area contributed by atoms with Crippen molar-refractivity contribution in [1.82, 2.24) is 4.98 Å². The minimum absolute atomic E-state index is 0.164. The van der Waals surface area contributed by atoms with Crippen molar-refractivity contribution in [3.8, 4) is 0 Å². The Kier molecular flexibility index (Phi) is 1.37. The Balaban J connectivity index is 2.04. The van der Waals surface area contributed by atoms with Crippen molar-refractivity contribution in [2.45, 2.75) is 38.0 Å². The molecule has 0 N–H and O–H groups in total. The van der Waals surface area contributed by atoms with Crippen LogP contribution in [-0.2, 0) is 6.42 Å². The zero-order valence-corrected chi connectivity index (χ0v) is 7.38. The maximum absolute atomic E-state index is 11.4. The summed E-state index contributed by atoms with van der Waals surface area (Å²) < 4.78 is 5.57. The zero-order chi connectivity index (χ0) is 8.84. The van der Waals surface area contributed by atoms with Gasteiger partial charge < -0.3 is 4.42 Å². The second-order valence-corrected chi connectivity index (χ2v) is 3.87. The van der Waals surface area contributed by atoms with Crippen LogP contribution in [0.2, 0.25) is 0 Å². The summed E-state index contributed by atoms with van der Waals surface area (Å²) in [5, 5.41) is 0. The number of Topliss-reactive ketones (excluding diaryl/α,β-unsaturated/α-hetero) is 1. The second kappa shape index (κ2) is 2.44. The van der Waals surface area contributed by atoms with Crippen LogP contribution in [0.4, 0.5) is 0 Å². The molecule has 2 aliphatic carbocycles. The van der Waals surface area contributed by atoms with Crippen molar-refractivity contribution < 1.29 is 9.21 Å². The minimum atomic E-state index is 0.164. The Morgan fingerprint density at radius 1 is 1.31 bits per heavy atom. The fourth-order valence-corrected chi connectivity index (χ4v) is 1.79. The van der Waals surface area contributed by atoms with E-state index in [-0.39, 0.29) is 5.78 Å². The van der Waals surface area contributed by atoms with Crippen LogP contribution in [0.15, 0.2) is 4.42 Å². The first-order valence-corrected chi connectivity index (χ1v) is 4.87. The van der Waals surface area contributed by atoms with Gasteiger partial charge in [-0.3, -0.25) is 4.79 Å². The van der Waals surface area contributed by atoms with E-state index in [2.05, 4.69) is 4.98 Å². The van der Waals surface area contributed by atoms with E-state index >= 15 is 0 Å². The summed E-state index contributed by atoms with van der Waals surface area (Å²) in [6.07, 6.45) is 4.80. The summed E-state index contributed by atoms with van der Waals surface area (Å²) >= 11 is 0. The molecule has 3 rings (SSSR count). The molecule has 3 heteroatoms. The molecular formula is C10H11NO2. The van der Waals surface area contributed by atoms with Gasteiger partial charge in [0.2, 0.25) is 0 Å². The van der Waals surface area contributed by atoms with E-state index in [4.69, 9.17) is 4.42 Å². The van der Waals surface area contributed by atoms with Gasteiger partial charge in [-0.25, -0.2) is 4.98 Å². The average Bonchev–Trinajstić information content (AvgIpc) is 2.87. The average molecular weight is 177 g/mol. The fraction of sp³-hybridized carbons (Fsp3) is 0.600. The van der Waals surface area contributed by atoms with Crippen LogP contribution in [0.5, 0.6) is 0 Å². The molecule has 0 aliphatic heterocycles. The molecule has 1 heterocycles. The van der Waals surface area contributed by atoms with Gasteiger partial charge in [0, 0.05) is 18.8 Å². The molecule has 1 fully saturated rings. The molecule has 0 unspecified atom stereocenters. The number of nitrogens with zero attached hydrogens (tertiary/aromatic N) is 1. The Labute approximate surface area is 76.1 Å². The molecular weight excluding hydrogens is 166 g/mol. The van der Waals surface area contributed by atoms with Gasteiger partial charge in [-0.1, -0.05) is 0 Å². The molecule has 0 radical (unpaired) electrons. The predicted molar refractivity (Wildman–Crippen MR) is 45.7 cm³/mol. The number of ketones is 1. The lowest BCUT2D eigenvalue weighted by Gasteiger charge is -2.04. The van der Waals surface area contributed by atoms with Crippen LogP contribution in [0, 0.1) is 0 Å². The lowest BCUT2D eigenvalue weighted by molar-refractivity contribution is 0.0965. The standard InChI is InChI=1S/C10H11NO2/c12-7-2-1-3-8-9(7)11-10(13-8)6-4-5-6/h6H,1-5H2. The highest BCUT2D eigenvalue weighted by Gasteiger charge is 2.32. The van der Waals surface area contributed by atoms with E-state index in [1.807, 2.05) is 0 Å². The Bertz CT molecular complexity index is 363. The van der Waals surface area contributed by atoms with Crippen LogP contribution in [0.25, 0.3) is 0 Å². The van der Waals surface area contributed by atoms with Crippen molar-refractivity contribution in [3.05, 3.63) is 17.3 Å². The maximum atomic E-state index is 11.4. The summed E-state index contributed by atoms with van der Waals surface area (Å²) in [7, 11) is 0. The quantitative estimate of drug-likeness (QED) is 0.659. The van der Waals surface area contributed by atoms with E-state index in [1.54, 1.807) is 0 Å². The first-order chi connectivity index (χ1) is 6.34. The van der Waals surface area contributed by atoms with Gasteiger partial charge >= 0.3 is 0 Å². The van der Waals surface area contributed by atoms with Gasteiger partial charge in [0.1, 0.15) is 11.5 Å². The number of aromatic nitrogens is 1. The van der Waals surface area contributed by atoms with Gasteiger partial charge in [0.25, 0.3) is 0 Å². The van der Waals surface area contributed by atoms with E-state index < -0.39 is 0 Å². The largest absolute Gasteiger partial charge is 0.445 e. The van der Waals surface area contributed by atoms with Gasteiger partial charge in [-0.2, -0.15) is 0 Å². The van der Waals surface area contributed by atoms with Crippen LogP contribution in [-0.4, -0.2) is 10.8 Å². The number of carbonyl (C=O) groups is 1. The van der Waals surface area contributed by atoms with Gasteiger partial charge in [-0.15, -0.1) is 0 Å². The topological polar surface area (TPSA) is 43.1 Å². The minimum Gasteiger partial charge on any atom is -0.445 e. The molecule has 13 heavy (non-hydrogen) atoms. The van der Waals surface area contributed by atoms with Crippen molar-refractivity contribution in [2.24, 2.45) is 0 Å². The third-order valence-corrected chi connectivity index (χ3v) is 2.71. The second-order valence-electron chi connectivity index (χ2n) is 3.87. The lowest BCUT2D eigenvalue weighted by atomic mass is 10.0. The van der Waals surface area contributed by atoms with Crippen LogP contribution < -0.4 is 0 Å². The summed E-state index contributed by atoms with van der Waals surface area (Å²) in [5.41, 5.74) is 0.619. The van der Waals surface area contributed by atoms with Crippen molar-refractivity contribution >= 4 is 5.78 Å². The summed E-state index contributed by atoms with van der Waals surface area (Å²) in [5.74, 6) is 2.31. The highest BCUT2D eigenvalue weighted by atomic mass is 16.4. The van der Waals surface area contributed by atoms with Gasteiger partial charge in [-0.05, 0) is 19.3 Å². The van der Waals surface area contributed by atoms with E-state index in [0.29, 0.717) is 18.0 Å². The molecule has 1 aromatic rings. The predicted octanol–water partition coefficient (Wildman–Crippen LogP) is 2.07.